The number of halogens is 1. The SMILES string of the molecule is NS(=O)(=O)c1cccc(CNCc2csc(Br)c2)c1. The van der Waals surface area contributed by atoms with Crippen LogP contribution in [0.2, 0.25) is 0 Å². The van der Waals surface area contributed by atoms with Gasteiger partial charge in [0.2, 0.25) is 10.0 Å². The van der Waals surface area contributed by atoms with E-state index in [2.05, 4.69) is 32.7 Å². The van der Waals surface area contributed by atoms with Crippen molar-refractivity contribution in [2.75, 3.05) is 0 Å². The molecule has 3 N–H and O–H groups in total. The van der Waals surface area contributed by atoms with E-state index in [0.717, 1.165) is 15.9 Å². The van der Waals surface area contributed by atoms with Crippen LogP contribution in [0.1, 0.15) is 11.1 Å². The van der Waals surface area contributed by atoms with Gasteiger partial charge in [0.1, 0.15) is 0 Å². The smallest absolute Gasteiger partial charge is 0.238 e. The maximum atomic E-state index is 11.2. The zero-order valence-electron chi connectivity index (χ0n) is 9.97. The number of benzene rings is 1. The highest BCUT2D eigenvalue weighted by Crippen LogP contribution is 2.20. The van der Waals surface area contributed by atoms with Gasteiger partial charge in [-0.1, -0.05) is 12.1 Å². The lowest BCUT2D eigenvalue weighted by Crippen LogP contribution is -2.15. The largest absolute Gasteiger partial charge is 0.309 e. The standard InChI is InChI=1S/C12H13BrN2O2S2/c13-12-5-10(8-18-12)7-15-6-9-2-1-3-11(4-9)19(14,16)17/h1-5,8,15H,6-7H2,(H2,14,16,17). The van der Waals surface area contributed by atoms with Gasteiger partial charge in [0, 0.05) is 13.1 Å². The van der Waals surface area contributed by atoms with Gasteiger partial charge in [-0.05, 0) is 50.6 Å². The van der Waals surface area contributed by atoms with Crippen LogP contribution in [0.15, 0.2) is 44.4 Å². The maximum Gasteiger partial charge on any atom is 0.238 e. The Morgan fingerprint density at radius 3 is 2.58 bits per heavy atom. The lowest BCUT2D eigenvalue weighted by Gasteiger charge is -2.05. The Hall–Kier alpha value is -0.730. The van der Waals surface area contributed by atoms with Crippen LogP contribution in [0.3, 0.4) is 0 Å². The second-order valence-corrected chi connectivity index (χ2v) is 7.91. The van der Waals surface area contributed by atoms with Crippen LogP contribution >= 0.6 is 27.3 Å². The molecule has 102 valence electrons. The maximum absolute atomic E-state index is 11.2. The number of rotatable bonds is 5. The molecule has 0 spiro atoms. The van der Waals surface area contributed by atoms with Gasteiger partial charge in [0.05, 0.1) is 8.68 Å². The normalized spacial score (nSPS) is 11.7. The molecule has 0 radical (unpaired) electrons. The first-order valence-electron chi connectivity index (χ1n) is 5.50. The fourth-order valence-corrected chi connectivity index (χ4v) is 3.42. The monoisotopic (exact) mass is 360 g/mol. The Morgan fingerprint density at radius 1 is 1.21 bits per heavy atom. The number of nitrogens with one attached hydrogen (secondary N) is 1. The van der Waals surface area contributed by atoms with Gasteiger partial charge in [-0.25, -0.2) is 13.6 Å². The van der Waals surface area contributed by atoms with Gasteiger partial charge in [-0.3, -0.25) is 0 Å². The first-order chi connectivity index (χ1) is 8.95. The molecule has 0 aliphatic carbocycles. The molecule has 2 rings (SSSR count). The van der Waals surface area contributed by atoms with E-state index in [1.54, 1.807) is 23.5 Å². The third kappa shape index (κ3) is 4.39. The van der Waals surface area contributed by atoms with Crippen molar-refractivity contribution in [1.29, 1.82) is 0 Å². The average Bonchev–Trinajstić information content (AvgIpc) is 2.74. The molecule has 0 aliphatic heterocycles. The van der Waals surface area contributed by atoms with Gasteiger partial charge < -0.3 is 5.32 Å². The van der Waals surface area contributed by atoms with E-state index >= 15 is 0 Å². The molecule has 0 atom stereocenters. The fourth-order valence-electron chi connectivity index (χ4n) is 1.62. The Morgan fingerprint density at radius 2 is 1.95 bits per heavy atom. The summed E-state index contributed by atoms with van der Waals surface area (Å²) in [6.45, 7) is 1.33. The molecule has 2 aromatic rings. The van der Waals surface area contributed by atoms with Crippen molar-refractivity contribution in [3.05, 3.63) is 50.6 Å². The minimum Gasteiger partial charge on any atom is -0.309 e. The Kier molecular flexibility index (Phi) is 4.75. The van der Waals surface area contributed by atoms with Crippen LogP contribution in [-0.4, -0.2) is 8.42 Å². The molecule has 0 bridgehead atoms. The topological polar surface area (TPSA) is 72.2 Å². The summed E-state index contributed by atoms with van der Waals surface area (Å²) in [5.41, 5.74) is 2.08. The van der Waals surface area contributed by atoms with E-state index in [0.29, 0.717) is 6.54 Å². The van der Waals surface area contributed by atoms with Crippen molar-refractivity contribution in [1.82, 2.24) is 5.32 Å². The van der Waals surface area contributed by atoms with Crippen LogP contribution < -0.4 is 10.5 Å². The van der Waals surface area contributed by atoms with Crippen molar-refractivity contribution in [3.63, 3.8) is 0 Å². The first kappa shape index (κ1) is 14.7. The molecule has 0 unspecified atom stereocenters. The molecule has 0 saturated carbocycles. The molecule has 4 nitrogen and oxygen atoms in total. The van der Waals surface area contributed by atoms with E-state index in [9.17, 15) is 8.42 Å². The van der Waals surface area contributed by atoms with E-state index in [1.165, 1.54) is 11.6 Å². The molecule has 19 heavy (non-hydrogen) atoms. The van der Waals surface area contributed by atoms with Crippen molar-refractivity contribution in [2.45, 2.75) is 18.0 Å². The Bertz CT molecular complexity index is 668. The van der Waals surface area contributed by atoms with Crippen molar-refractivity contribution in [2.24, 2.45) is 5.14 Å². The number of hydrogen-bond donors (Lipinski definition) is 2. The summed E-state index contributed by atoms with van der Waals surface area (Å²) in [4.78, 5) is 0.144. The van der Waals surface area contributed by atoms with Crippen LogP contribution in [0.4, 0.5) is 0 Å². The molecule has 0 saturated heterocycles. The minimum atomic E-state index is -3.63. The third-order valence-corrected chi connectivity index (χ3v) is 4.97. The van der Waals surface area contributed by atoms with Crippen molar-refractivity contribution >= 4 is 37.3 Å². The quantitative estimate of drug-likeness (QED) is 0.859. The molecule has 1 aromatic carbocycles. The predicted molar refractivity (Wildman–Crippen MR) is 80.4 cm³/mol. The molecular formula is C12H13BrN2O2S2. The molecule has 7 heteroatoms. The predicted octanol–water partition coefficient (Wildman–Crippen LogP) is 2.45. The van der Waals surface area contributed by atoms with Crippen molar-refractivity contribution < 1.29 is 8.42 Å². The van der Waals surface area contributed by atoms with E-state index in [4.69, 9.17) is 5.14 Å². The summed E-state index contributed by atoms with van der Waals surface area (Å²) in [5, 5.41) is 10.4. The number of primary sulfonamides is 1. The second-order valence-electron chi connectivity index (χ2n) is 4.06. The van der Waals surface area contributed by atoms with Crippen LogP contribution in [0.25, 0.3) is 0 Å². The summed E-state index contributed by atoms with van der Waals surface area (Å²) in [6, 6.07) is 8.70. The number of thiophene rings is 1. The van der Waals surface area contributed by atoms with Crippen molar-refractivity contribution in [3.8, 4) is 0 Å². The van der Waals surface area contributed by atoms with Gasteiger partial charge in [0.25, 0.3) is 0 Å². The van der Waals surface area contributed by atoms with Gasteiger partial charge in [-0.15, -0.1) is 11.3 Å². The zero-order chi connectivity index (χ0) is 13.9. The van der Waals surface area contributed by atoms with Gasteiger partial charge in [0.15, 0.2) is 0 Å². The van der Waals surface area contributed by atoms with Gasteiger partial charge >= 0.3 is 0 Å². The highest BCUT2D eigenvalue weighted by molar-refractivity contribution is 9.11. The first-order valence-corrected chi connectivity index (χ1v) is 8.72. The van der Waals surface area contributed by atoms with Gasteiger partial charge in [-0.2, -0.15) is 0 Å². The molecular weight excluding hydrogens is 348 g/mol. The summed E-state index contributed by atoms with van der Waals surface area (Å²) in [5.74, 6) is 0. The minimum absolute atomic E-state index is 0.144. The van der Waals surface area contributed by atoms with Crippen LogP contribution in [-0.2, 0) is 23.1 Å². The number of nitrogens with two attached hydrogens (primary N) is 1. The number of sulfonamides is 1. The van der Waals surface area contributed by atoms with E-state index in [1.807, 2.05) is 6.07 Å². The summed E-state index contributed by atoms with van der Waals surface area (Å²) < 4.78 is 23.6. The summed E-state index contributed by atoms with van der Waals surface area (Å²) in [6.07, 6.45) is 0. The van der Waals surface area contributed by atoms with Crippen LogP contribution in [0.5, 0.6) is 0 Å². The molecule has 1 aromatic heterocycles. The summed E-state index contributed by atoms with van der Waals surface area (Å²) in [7, 11) is -3.63. The highest BCUT2D eigenvalue weighted by Gasteiger charge is 2.07. The second kappa shape index (κ2) is 6.15. The lowest BCUT2D eigenvalue weighted by atomic mass is 10.2. The Balaban J connectivity index is 1.96. The molecule has 0 fully saturated rings. The zero-order valence-corrected chi connectivity index (χ0v) is 13.2. The summed E-state index contributed by atoms with van der Waals surface area (Å²) >= 11 is 5.05. The Labute approximate surface area is 124 Å². The highest BCUT2D eigenvalue weighted by atomic mass is 79.9. The number of hydrogen-bond acceptors (Lipinski definition) is 4. The van der Waals surface area contributed by atoms with Crippen LogP contribution in [0, 0.1) is 0 Å². The fraction of sp³-hybridized carbons (Fsp3) is 0.167. The van der Waals surface area contributed by atoms with E-state index < -0.39 is 10.0 Å². The molecule has 1 heterocycles. The molecule has 0 amide bonds. The molecule has 0 aliphatic rings. The lowest BCUT2D eigenvalue weighted by molar-refractivity contribution is 0.597. The van der Waals surface area contributed by atoms with E-state index in [-0.39, 0.29) is 4.90 Å². The average molecular weight is 361 g/mol. The third-order valence-electron chi connectivity index (χ3n) is 2.51.